The first kappa shape index (κ1) is 94.3. The molecule has 35 nitrogen and oxygen atoms in total. The number of nitrogens with zero attached hydrogens (tertiary/aromatic N) is 21. The minimum absolute atomic E-state index is 0.0204. The van der Waals surface area contributed by atoms with E-state index in [1.54, 1.807) is 94.0 Å². The number of nitrogens with two attached hydrogens (primary N) is 1. The van der Waals surface area contributed by atoms with E-state index < -0.39 is 70.3 Å². The Morgan fingerprint density at radius 1 is 0.600 bits per heavy atom. The summed E-state index contributed by atoms with van der Waals surface area (Å²) in [6.45, 7) is 11.7. The molecule has 41 heteroatoms. The van der Waals surface area contributed by atoms with Crippen molar-refractivity contribution < 1.29 is 43.6 Å². The average Bonchev–Trinajstić information content (AvgIpc) is 1.56. The molecule has 6 atom stereocenters. The molecule has 19 rings (SSSR count). The van der Waals surface area contributed by atoms with Gasteiger partial charge in [0.1, 0.15) is 56.4 Å². The Labute approximate surface area is 780 Å². The van der Waals surface area contributed by atoms with Crippen LogP contribution in [0, 0.1) is 23.2 Å². The summed E-state index contributed by atoms with van der Waals surface area (Å²) in [4.78, 5) is 111. The highest BCUT2D eigenvalue weighted by Gasteiger charge is 2.52. The molecule has 4 aliphatic heterocycles. The Kier molecular flexibility index (Phi) is 26.4. The molecule has 3 N–H and O–H groups in total. The van der Waals surface area contributed by atoms with Crippen LogP contribution in [0.2, 0.25) is 0 Å². The number of anilines is 5. The Balaban J connectivity index is 0.000000131. The van der Waals surface area contributed by atoms with Crippen molar-refractivity contribution in [2.75, 3.05) is 60.0 Å². The van der Waals surface area contributed by atoms with E-state index in [9.17, 15) is 62.8 Å². The molecule has 0 bridgehead atoms. The second-order valence-electron chi connectivity index (χ2n) is 35.7. The van der Waals surface area contributed by atoms with Crippen LogP contribution in [0.5, 0.6) is 0 Å². The molecule has 2 aliphatic carbocycles. The van der Waals surface area contributed by atoms with Gasteiger partial charge in [-0.2, -0.15) is 24.1 Å². The average molecular weight is 1910 g/mol. The van der Waals surface area contributed by atoms with E-state index in [1.165, 1.54) is 69.7 Å². The molecule has 0 spiro atoms. The second kappa shape index (κ2) is 37.9. The van der Waals surface area contributed by atoms with Crippen molar-refractivity contribution >= 4 is 110 Å². The number of fused-ring (bicyclic) bond motifs is 11. The summed E-state index contributed by atoms with van der Waals surface area (Å²) in [5, 5.41) is 17.9. The number of nitrogens with one attached hydrogen (secondary N) is 1. The molecule has 5 aromatic carbocycles. The number of pyridine rings is 2. The molecule has 2 saturated carbocycles. The zero-order valence-corrected chi connectivity index (χ0v) is 79.7. The number of rotatable bonds is 20. The molecule has 6 aliphatic rings. The largest absolute Gasteiger partial charge is 0.384 e. The Morgan fingerprint density at radius 3 is 1.62 bits per heavy atom. The van der Waals surface area contributed by atoms with Gasteiger partial charge in [-0.05, 0) is 133 Å². The van der Waals surface area contributed by atoms with Gasteiger partial charge in [-0.1, -0.05) is 138 Å². The molecule has 0 saturated heterocycles. The Bertz CT molecular complexity index is 7470. The van der Waals surface area contributed by atoms with Crippen LogP contribution >= 0.6 is 0 Å². The third-order valence-electron chi connectivity index (χ3n) is 24.0. The van der Waals surface area contributed by atoms with Gasteiger partial charge in [-0.15, -0.1) is 0 Å². The molecule has 2 fully saturated rings. The number of hydrogen-bond donors (Lipinski definition) is 2. The van der Waals surface area contributed by atoms with E-state index in [0.717, 1.165) is 94.8 Å². The maximum absolute atomic E-state index is 13.5. The van der Waals surface area contributed by atoms with Crippen LogP contribution in [0.4, 0.5) is 37.7 Å². The number of carbonyl (C=O) groups is 2. The number of halogens is 2. The number of amides is 2. The summed E-state index contributed by atoms with van der Waals surface area (Å²) in [7, 11) is -3.98. The number of para-hydroxylation sites is 1. The Morgan fingerprint density at radius 2 is 1.11 bits per heavy atom. The van der Waals surface area contributed by atoms with Crippen molar-refractivity contribution in [2.24, 2.45) is 40.4 Å². The number of benzene rings is 5. The number of nitrogen functional groups attached to an aromatic ring is 1. The van der Waals surface area contributed by atoms with E-state index in [-0.39, 0.29) is 104 Å². The quantitative estimate of drug-likeness (QED) is 0.0407. The van der Waals surface area contributed by atoms with E-state index in [2.05, 4.69) is 54.2 Å². The van der Waals surface area contributed by atoms with Gasteiger partial charge in [0.25, 0.3) is 22.9 Å². The van der Waals surface area contributed by atoms with Crippen LogP contribution in [0.15, 0.2) is 232 Å². The topological polar surface area (TPSA) is 410 Å². The van der Waals surface area contributed by atoms with Crippen LogP contribution in [-0.2, 0) is 94.6 Å². The monoisotopic (exact) mass is 1910 g/mol. The molecule has 702 valence electrons. The summed E-state index contributed by atoms with van der Waals surface area (Å²) in [5.74, 6) is 1.18. The summed E-state index contributed by atoms with van der Waals surface area (Å²) in [6.07, 6.45) is 16.2. The standard InChI is InChI=1S/C26H27N7O2.C24H23FN6O3S.C24H23FN6O2S.C20H28N4O5S2/c1-18(2)13-32-22-15-31(14-19-9-11-21(12-10-19)33-17-27-16-28-33)24(29-20-7-5-4-6-8-20)23(22)25(34)30(3)26(32)35;1-29-22(32)20-21(31-18-7-3-6-17(18)27-24(29)31)28-30(23(20)35(2,33)34)13-14-9-11-15(12-10-14)16-5-4-8-19(25)26-16;1-29-22(32)20-21(31-18-7-3-6-17(18)27-24(29)31)28-30(23(20)34(2)33)13-14-9-11-15(12-10-14)16-5-4-8-19(25)26-16;1-20(2,3)12-24-16(21)15(18(25)23(4)19(24)26)17(30(5)27)22-11-13-7-9-14(10-8-13)31(6,28)29/h4-12,15-18,29H,13-14H2,1-3H3;4-5,8-12,17-18H,3,6-7,13H2,1-2H3;4-5,8-12,17-18H,3,6-7,13H2,1-2H3;7-10H,11-12,21H2,1-6H3/t;17-,18+;17-,18+,34?;/m.11./s1. The molecular formula is C94H101F2N23O12S4. The highest BCUT2D eigenvalue weighted by Crippen LogP contribution is 2.45. The molecule has 135 heavy (non-hydrogen) atoms. The van der Waals surface area contributed by atoms with Crippen molar-refractivity contribution in [2.45, 2.75) is 152 Å². The SMILES string of the molecule is CC(C)Cn1c(=O)n(C)c(=O)c2c(Nc3ccccc3)n(Cc3ccc(-n4cncn4)cc3)cc21.CN1C(=O)c2c(nn(Cc3ccc(-c4cccc(F)n4)cc3)c2S(C)(=O)=O)N2C1=N[C@@H]1CCC[C@@H]12.CN1C(=O)c2c(nn(Cc3ccc(-c4cccc(F)n4)cc3)c2S(C)=O)N2C1=N[C@@H]1CCC[C@@H]12.Cn1c(=O)c(C(=NCc2ccc(S(C)(=O)=O)cc2)S(C)=O)c(N)n(CC(C)(C)C)c1=O. The third-order valence-corrected chi connectivity index (χ3v) is 28.1. The van der Waals surface area contributed by atoms with Crippen molar-refractivity contribution in [1.29, 1.82) is 0 Å². The lowest BCUT2D eigenvalue weighted by Gasteiger charge is -2.33. The first-order chi connectivity index (χ1) is 64.2. The summed E-state index contributed by atoms with van der Waals surface area (Å²) < 4.78 is 113. The minimum Gasteiger partial charge on any atom is -0.384 e. The van der Waals surface area contributed by atoms with Crippen molar-refractivity contribution in [1.82, 2.24) is 76.9 Å². The van der Waals surface area contributed by atoms with Gasteiger partial charge in [0.2, 0.25) is 23.8 Å². The predicted molar refractivity (Wildman–Crippen MR) is 514 cm³/mol. The fourth-order valence-corrected chi connectivity index (χ4v) is 20.9. The predicted octanol–water partition coefficient (Wildman–Crippen LogP) is 10.2. The van der Waals surface area contributed by atoms with Crippen LogP contribution in [0.3, 0.4) is 0 Å². The fourth-order valence-electron chi connectivity index (χ4n) is 17.7. The lowest BCUT2D eigenvalue weighted by molar-refractivity contribution is 0.0853. The lowest BCUT2D eigenvalue weighted by atomic mass is 9.97. The van der Waals surface area contributed by atoms with E-state index in [0.29, 0.717) is 87.5 Å². The van der Waals surface area contributed by atoms with Crippen LogP contribution in [-0.4, -0.2) is 194 Å². The molecule has 8 aromatic heterocycles. The van der Waals surface area contributed by atoms with Gasteiger partial charge in [-0.25, -0.2) is 65.4 Å². The number of aromatic nitrogens is 14. The third kappa shape index (κ3) is 19.2. The van der Waals surface area contributed by atoms with Crippen LogP contribution in [0.1, 0.15) is 122 Å². The molecule has 12 heterocycles. The van der Waals surface area contributed by atoms with E-state index in [4.69, 9.17) is 20.8 Å². The molecule has 13 aromatic rings. The van der Waals surface area contributed by atoms with Crippen molar-refractivity contribution in [3.8, 4) is 28.2 Å². The highest BCUT2D eigenvalue weighted by atomic mass is 32.2. The maximum Gasteiger partial charge on any atom is 0.332 e. The van der Waals surface area contributed by atoms with Crippen molar-refractivity contribution in [3.05, 3.63) is 275 Å². The molecule has 2 amide bonds. The Hall–Kier alpha value is -13.9. The summed E-state index contributed by atoms with van der Waals surface area (Å²) >= 11 is 0. The number of carbonyl (C=O) groups excluding carboxylic acids is 2. The van der Waals surface area contributed by atoms with Crippen molar-refractivity contribution in [3.63, 3.8) is 0 Å². The van der Waals surface area contributed by atoms with E-state index in [1.807, 2.05) is 127 Å². The smallest absolute Gasteiger partial charge is 0.332 e. The number of aliphatic imine (C=N–C) groups is 3. The maximum atomic E-state index is 13.5. The van der Waals surface area contributed by atoms with Crippen LogP contribution in [0.25, 0.3) is 39.1 Å². The fraction of sp³-hybridized carbons (Fsp3) is 0.330. The van der Waals surface area contributed by atoms with Gasteiger partial charge in [0, 0.05) is 95.9 Å². The van der Waals surface area contributed by atoms with Gasteiger partial charge >= 0.3 is 11.4 Å². The minimum atomic E-state index is -3.78. The van der Waals surface area contributed by atoms with Gasteiger partial charge < -0.3 is 15.6 Å². The van der Waals surface area contributed by atoms with E-state index >= 15 is 0 Å². The van der Waals surface area contributed by atoms with Gasteiger partial charge in [0.05, 0.1) is 92.9 Å². The van der Waals surface area contributed by atoms with Gasteiger partial charge in [-0.3, -0.25) is 70.5 Å². The normalized spacial score (nSPS) is 17.1. The molecule has 0 radical (unpaired) electrons. The zero-order valence-electron chi connectivity index (χ0n) is 76.4. The highest BCUT2D eigenvalue weighted by molar-refractivity contribution is 8.00. The molecule has 2 unspecified atom stereocenters. The number of hydrogen-bond acceptors (Lipinski definition) is 25. The zero-order chi connectivity index (χ0) is 96.3. The number of guanidine groups is 2. The van der Waals surface area contributed by atoms with Gasteiger partial charge in [0.15, 0.2) is 36.3 Å². The lowest BCUT2D eigenvalue weighted by Crippen LogP contribution is -2.51. The first-order valence-electron chi connectivity index (χ1n) is 43.5. The summed E-state index contributed by atoms with van der Waals surface area (Å²) in [5.41, 5.74) is 12.9. The number of sulfone groups is 2. The molecular weight excluding hydrogens is 1810 g/mol. The summed E-state index contributed by atoms with van der Waals surface area (Å²) in [6, 6.07) is 48.4. The van der Waals surface area contributed by atoms with Crippen LogP contribution < -0.4 is 43.3 Å². The second-order valence-corrected chi connectivity index (χ2v) is 42.2. The first-order valence-corrected chi connectivity index (χ1v) is 50.4.